The highest BCUT2D eigenvalue weighted by atomic mass is 16.4. The highest BCUT2D eigenvalue weighted by Gasteiger charge is 2.38. The molecular formula is C15H30O2. The lowest BCUT2D eigenvalue weighted by Crippen LogP contribution is -2.35. The lowest BCUT2D eigenvalue weighted by molar-refractivity contribution is -0.147. The average molecular weight is 242 g/mol. The maximum absolute atomic E-state index is 11.4. The third kappa shape index (κ3) is 5.56. The van der Waals surface area contributed by atoms with Crippen LogP contribution in [0.25, 0.3) is 0 Å². The van der Waals surface area contributed by atoms with E-state index in [1.165, 1.54) is 0 Å². The Morgan fingerprint density at radius 2 is 1.71 bits per heavy atom. The quantitative estimate of drug-likeness (QED) is 0.668. The molecule has 0 aliphatic carbocycles. The van der Waals surface area contributed by atoms with Crippen LogP contribution in [0.5, 0.6) is 0 Å². The zero-order valence-electron chi connectivity index (χ0n) is 12.5. The fourth-order valence-corrected chi connectivity index (χ4v) is 2.74. The van der Waals surface area contributed by atoms with Gasteiger partial charge in [-0.15, -0.1) is 0 Å². The summed E-state index contributed by atoms with van der Waals surface area (Å²) in [5.41, 5.74) is 0.101. The number of carboxylic acid groups (broad SMARTS) is 1. The van der Waals surface area contributed by atoms with E-state index in [4.69, 9.17) is 0 Å². The molecule has 0 aromatic rings. The van der Waals surface area contributed by atoms with Crippen LogP contribution in [0, 0.1) is 16.7 Å². The Morgan fingerprint density at radius 3 is 2.06 bits per heavy atom. The summed E-state index contributed by atoms with van der Waals surface area (Å²) in [6.07, 6.45) is 4.94. The maximum atomic E-state index is 11.4. The van der Waals surface area contributed by atoms with Crippen LogP contribution in [0.4, 0.5) is 0 Å². The van der Waals surface area contributed by atoms with Gasteiger partial charge in [0.1, 0.15) is 0 Å². The minimum atomic E-state index is -0.629. The third-order valence-corrected chi connectivity index (χ3v) is 3.98. The van der Waals surface area contributed by atoms with Crippen LogP contribution in [0.15, 0.2) is 0 Å². The first-order chi connectivity index (χ1) is 7.66. The molecule has 2 heteroatoms. The van der Waals surface area contributed by atoms with Crippen molar-refractivity contribution in [2.24, 2.45) is 16.7 Å². The van der Waals surface area contributed by atoms with Gasteiger partial charge in [-0.3, -0.25) is 4.79 Å². The number of hydrogen-bond donors (Lipinski definition) is 1. The van der Waals surface area contributed by atoms with Crippen LogP contribution in [0.3, 0.4) is 0 Å². The summed E-state index contributed by atoms with van der Waals surface area (Å²) in [6, 6.07) is 0. The first-order valence-corrected chi connectivity index (χ1v) is 6.89. The van der Waals surface area contributed by atoms with Crippen molar-refractivity contribution in [3.05, 3.63) is 0 Å². The molecule has 0 aliphatic rings. The molecule has 1 unspecified atom stereocenters. The van der Waals surface area contributed by atoms with Crippen molar-refractivity contribution in [2.75, 3.05) is 0 Å². The number of unbranched alkanes of at least 4 members (excludes halogenated alkanes) is 1. The molecule has 0 amide bonds. The van der Waals surface area contributed by atoms with Crippen LogP contribution < -0.4 is 0 Å². The molecule has 0 aromatic heterocycles. The summed E-state index contributed by atoms with van der Waals surface area (Å²) in [5.74, 6) is -0.844. The molecule has 1 N–H and O–H groups in total. The van der Waals surface area contributed by atoms with E-state index in [0.717, 1.165) is 32.1 Å². The molecule has 0 bridgehead atoms. The molecule has 0 spiro atoms. The van der Waals surface area contributed by atoms with E-state index in [2.05, 4.69) is 41.5 Å². The zero-order valence-corrected chi connectivity index (χ0v) is 12.5. The first kappa shape index (κ1) is 16.5. The summed E-state index contributed by atoms with van der Waals surface area (Å²) >= 11 is 0. The summed E-state index contributed by atoms with van der Waals surface area (Å²) in [6.45, 7) is 13.0. The molecule has 17 heavy (non-hydrogen) atoms. The van der Waals surface area contributed by atoms with Crippen LogP contribution in [-0.4, -0.2) is 11.1 Å². The Kier molecular flexibility index (Phi) is 6.22. The van der Waals surface area contributed by atoms with Gasteiger partial charge in [0.2, 0.25) is 0 Å². The molecule has 2 nitrogen and oxygen atoms in total. The lowest BCUT2D eigenvalue weighted by Gasteiger charge is -2.38. The third-order valence-electron chi connectivity index (χ3n) is 3.98. The number of carboxylic acids is 1. The molecular weight excluding hydrogens is 212 g/mol. The van der Waals surface area contributed by atoms with Gasteiger partial charge < -0.3 is 5.11 Å². The second kappa shape index (κ2) is 6.42. The van der Waals surface area contributed by atoms with Crippen LogP contribution in [0.1, 0.15) is 73.6 Å². The van der Waals surface area contributed by atoms with Crippen LogP contribution in [-0.2, 0) is 4.79 Å². The van der Waals surface area contributed by atoms with E-state index in [-0.39, 0.29) is 16.7 Å². The smallest absolute Gasteiger partial charge is 0.307 e. The molecule has 0 fully saturated rings. The summed E-state index contributed by atoms with van der Waals surface area (Å²) < 4.78 is 0. The van der Waals surface area contributed by atoms with Gasteiger partial charge in [0.15, 0.2) is 0 Å². The van der Waals surface area contributed by atoms with E-state index in [1.807, 2.05) is 0 Å². The number of rotatable bonds is 8. The fraction of sp³-hybridized carbons (Fsp3) is 0.933. The lowest BCUT2D eigenvalue weighted by atomic mass is 9.66. The Hall–Kier alpha value is -0.530. The second-order valence-corrected chi connectivity index (χ2v) is 6.72. The van der Waals surface area contributed by atoms with Gasteiger partial charge in [0, 0.05) is 0 Å². The van der Waals surface area contributed by atoms with Crippen molar-refractivity contribution < 1.29 is 9.90 Å². The molecule has 0 heterocycles. The van der Waals surface area contributed by atoms with Gasteiger partial charge in [-0.1, -0.05) is 60.8 Å². The molecule has 0 saturated carbocycles. The van der Waals surface area contributed by atoms with Gasteiger partial charge in [-0.05, 0) is 23.7 Å². The minimum absolute atomic E-state index is 0.124. The van der Waals surface area contributed by atoms with Crippen LogP contribution >= 0.6 is 0 Å². The number of aliphatic carboxylic acids is 1. The highest BCUT2D eigenvalue weighted by Crippen LogP contribution is 2.42. The Labute approximate surface area is 107 Å². The van der Waals surface area contributed by atoms with Gasteiger partial charge in [0.05, 0.1) is 5.92 Å². The molecule has 0 rings (SSSR count). The summed E-state index contributed by atoms with van der Waals surface area (Å²) in [5, 5.41) is 9.41. The number of carbonyl (C=O) groups is 1. The Bertz CT molecular complexity index is 241. The standard InChI is InChI=1S/C15H30O2/c1-7-9-10-12(13(16)17)15(5,6)11-14(3,4)8-2/h12H,7-11H2,1-6H3,(H,16,17). The fourth-order valence-electron chi connectivity index (χ4n) is 2.74. The molecule has 0 aromatic carbocycles. The monoisotopic (exact) mass is 242 g/mol. The van der Waals surface area contributed by atoms with Gasteiger partial charge in [-0.2, -0.15) is 0 Å². The van der Waals surface area contributed by atoms with Crippen molar-refractivity contribution in [3.8, 4) is 0 Å². The van der Waals surface area contributed by atoms with E-state index in [0.29, 0.717) is 0 Å². The van der Waals surface area contributed by atoms with E-state index >= 15 is 0 Å². The zero-order chi connectivity index (χ0) is 13.7. The predicted molar refractivity (Wildman–Crippen MR) is 73.1 cm³/mol. The highest BCUT2D eigenvalue weighted by molar-refractivity contribution is 5.70. The van der Waals surface area contributed by atoms with E-state index in [1.54, 1.807) is 0 Å². The minimum Gasteiger partial charge on any atom is -0.481 e. The molecule has 0 aliphatic heterocycles. The largest absolute Gasteiger partial charge is 0.481 e. The maximum Gasteiger partial charge on any atom is 0.307 e. The van der Waals surface area contributed by atoms with Gasteiger partial charge >= 0.3 is 5.97 Å². The SMILES string of the molecule is CCCCC(C(=O)O)C(C)(C)CC(C)(C)CC. The van der Waals surface area contributed by atoms with Crippen molar-refractivity contribution in [1.82, 2.24) is 0 Å². The van der Waals surface area contributed by atoms with Crippen molar-refractivity contribution >= 4 is 5.97 Å². The Balaban J connectivity index is 4.76. The van der Waals surface area contributed by atoms with Crippen LogP contribution in [0.2, 0.25) is 0 Å². The normalized spacial score (nSPS) is 14.7. The molecule has 1 atom stereocenters. The molecule has 0 radical (unpaired) electrons. The average Bonchev–Trinajstić information content (AvgIpc) is 2.15. The van der Waals surface area contributed by atoms with Crippen molar-refractivity contribution in [2.45, 2.75) is 73.6 Å². The summed E-state index contributed by atoms with van der Waals surface area (Å²) in [7, 11) is 0. The topological polar surface area (TPSA) is 37.3 Å². The van der Waals surface area contributed by atoms with Gasteiger partial charge in [0.25, 0.3) is 0 Å². The first-order valence-electron chi connectivity index (χ1n) is 6.89. The second-order valence-electron chi connectivity index (χ2n) is 6.72. The number of hydrogen-bond acceptors (Lipinski definition) is 1. The molecule has 0 saturated heterocycles. The van der Waals surface area contributed by atoms with Crippen molar-refractivity contribution in [3.63, 3.8) is 0 Å². The Morgan fingerprint density at radius 1 is 1.18 bits per heavy atom. The predicted octanol–water partition coefficient (Wildman–Crippen LogP) is 4.73. The van der Waals surface area contributed by atoms with E-state index < -0.39 is 5.97 Å². The van der Waals surface area contributed by atoms with Gasteiger partial charge in [-0.25, -0.2) is 0 Å². The molecule has 102 valence electrons. The summed E-state index contributed by atoms with van der Waals surface area (Å²) in [4.78, 5) is 11.4. The van der Waals surface area contributed by atoms with E-state index in [9.17, 15) is 9.90 Å². The van der Waals surface area contributed by atoms with Crippen molar-refractivity contribution in [1.29, 1.82) is 0 Å².